The smallest absolute Gasteiger partial charge is 0.274 e. The van der Waals surface area contributed by atoms with E-state index in [-0.39, 0.29) is 4.21 Å². The van der Waals surface area contributed by atoms with Crippen molar-refractivity contribution in [1.82, 2.24) is 48.1 Å². The summed E-state index contributed by atoms with van der Waals surface area (Å²) in [5.74, 6) is 5.19. The van der Waals surface area contributed by atoms with Crippen LogP contribution in [0.2, 0.25) is 0 Å². The van der Waals surface area contributed by atoms with E-state index in [9.17, 15) is 13.2 Å². The van der Waals surface area contributed by atoms with Crippen LogP contribution in [0.15, 0.2) is 129 Å². The minimum atomic E-state index is -4.07. The number of sulfonamides is 1. The van der Waals surface area contributed by atoms with Crippen LogP contribution in [0.1, 0.15) is 61.6 Å². The second-order valence-electron chi connectivity index (χ2n) is 15.4. The second kappa shape index (κ2) is 17.0. The van der Waals surface area contributed by atoms with Crippen LogP contribution >= 0.6 is 35.2 Å². The maximum absolute atomic E-state index is 14.0. The predicted octanol–water partition coefficient (Wildman–Crippen LogP) is 8.20. The molecule has 1 amide bonds. The van der Waals surface area contributed by atoms with Crippen LogP contribution in [0.4, 0.5) is 23.0 Å². The molecule has 7 aromatic rings. The van der Waals surface area contributed by atoms with Crippen molar-refractivity contribution in [3.05, 3.63) is 138 Å². The average molecular weight is 919 g/mol. The lowest BCUT2D eigenvalue weighted by Crippen LogP contribution is -2.37. The van der Waals surface area contributed by atoms with Gasteiger partial charge < -0.3 is 24.6 Å². The molecule has 1 fully saturated rings. The summed E-state index contributed by atoms with van der Waals surface area (Å²) in [6.07, 6.45) is 13.7. The molecule has 0 bridgehead atoms. The Balaban J connectivity index is 0.805. The molecule has 5 aromatic heterocycles. The van der Waals surface area contributed by atoms with Crippen molar-refractivity contribution in [3.8, 4) is 0 Å². The number of carbonyl (C=O) groups is 1. The van der Waals surface area contributed by atoms with Crippen LogP contribution in [-0.2, 0) is 27.9 Å². The van der Waals surface area contributed by atoms with Gasteiger partial charge in [0.05, 0.1) is 31.2 Å². The van der Waals surface area contributed by atoms with Gasteiger partial charge in [-0.25, -0.2) is 18.4 Å². The van der Waals surface area contributed by atoms with Crippen molar-refractivity contribution >= 4 is 85.8 Å². The average Bonchev–Trinajstić information content (AvgIpc) is 3.92. The van der Waals surface area contributed by atoms with Gasteiger partial charge in [-0.15, -0.1) is 11.3 Å². The van der Waals surface area contributed by atoms with E-state index >= 15 is 0 Å². The molecule has 7 heterocycles. The fourth-order valence-corrected chi connectivity index (χ4v) is 11.3. The molecule has 0 spiro atoms. The number of hydrogen-bond donors (Lipinski definition) is 5. The largest absolute Gasteiger partial charge is 0.325 e. The Hall–Kier alpha value is -6.42. The van der Waals surface area contributed by atoms with E-state index in [1.165, 1.54) is 36.7 Å². The van der Waals surface area contributed by atoms with Crippen LogP contribution in [0.3, 0.4) is 0 Å². The first-order valence-electron chi connectivity index (χ1n) is 20.2. The molecule has 3 aliphatic rings. The predicted molar refractivity (Wildman–Crippen MR) is 247 cm³/mol. The molecule has 2 aromatic carbocycles. The third-order valence-corrected chi connectivity index (χ3v) is 15.5. The summed E-state index contributed by atoms with van der Waals surface area (Å²) in [6.45, 7) is 4.90. The Kier molecular flexibility index (Phi) is 11.0. The molecule has 322 valence electrons. The van der Waals surface area contributed by atoms with E-state index in [0.717, 1.165) is 65.9 Å². The SMILES string of the molecule is CC(C)c1cc(NC2=CN(Sc3ccc(NC(=O)CN(c4ccc(SN5C=C(Nc6cc(C7CC7)[nH]n6)n6ccnc6C5)cc4)S(=O)(=O)c4cccs4)cc3)Cc3nccn32)n[nH]1. The van der Waals surface area contributed by atoms with Crippen LogP contribution < -0.4 is 20.3 Å². The van der Waals surface area contributed by atoms with Crippen LogP contribution in [0.5, 0.6) is 0 Å². The van der Waals surface area contributed by atoms with Gasteiger partial charge in [0.25, 0.3) is 10.0 Å². The zero-order valence-electron chi connectivity index (χ0n) is 34.0. The topological polar surface area (TPSA) is 190 Å². The van der Waals surface area contributed by atoms with Crippen molar-refractivity contribution in [3.63, 3.8) is 0 Å². The molecule has 1 aliphatic carbocycles. The molecule has 63 heavy (non-hydrogen) atoms. The van der Waals surface area contributed by atoms with Crippen molar-refractivity contribution in [2.75, 3.05) is 26.8 Å². The van der Waals surface area contributed by atoms with Crippen molar-refractivity contribution in [2.24, 2.45) is 0 Å². The molecule has 21 heteroatoms. The van der Waals surface area contributed by atoms with E-state index in [4.69, 9.17) is 0 Å². The number of amides is 1. The highest BCUT2D eigenvalue weighted by atomic mass is 32.2. The molecular weight excluding hydrogens is 877 g/mol. The highest BCUT2D eigenvalue weighted by molar-refractivity contribution is 7.97. The Morgan fingerprint density at radius 3 is 2.02 bits per heavy atom. The van der Waals surface area contributed by atoms with E-state index < -0.39 is 22.5 Å². The molecule has 10 rings (SSSR count). The van der Waals surface area contributed by atoms with E-state index in [1.54, 1.807) is 54.2 Å². The number of nitrogens with one attached hydrogen (secondary N) is 5. The Morgan fingerprint density at radius 2 is 1.44 bits per heavy atom. The van der Waals surface area contributed by atoms with Gasteiger partial charge in [-0.2, -0.15) is 10.2 Å². The highest BCUT2D eigenvalue weighted by Gasteiger charge is 2.29. The first-order valence-corrected chi connectivity index (χ1v) is 24.1. The minimum Gasteiger partial charge on any atom is -0.325 e. The Labute approximate surface area is 376 Å². The molecule has 2 aliphatic heterocycles. The van der Waals surface area contributed by atoms with Gasteiger partial charge in [-0.05, 0) is 103 Å². The zero-order valence-corrected chi connectivity index (χ0v) is 37.3. The van der Waals surface area contributed by atoms with Crippen molar-refractivity contribution in [1.29, 1.82) is 0 Å². The van der Waals surface area contributed by atoms with Gasteiger partial charge in [0.15, 0.2) is 11.6 Å². The summed E-state index contributed by atoms with van der Waals surface area (Å²) in [5.41, 5.74) is 3.08. The summed E-state index contributed by atoms with van der Waals surface area (Å²) in [5, 5.41) is 26.5. The summed E-state index contributed by atoms with van der Waals surface area (Å²) < 4.78 is 37.5. The highest BCUT2D eigenvalue weighted by Crippen LogP contribution is 2.40. The lowest BCUT2D eigenvalue weighted by molar-refractivity contribution is -0.114. The number of aromatic amines is 2. The number of aromatic nitrogens is 8. The maximum atomic E-state index is 14.0. The van der Waals surface area contributed by atoms with Gasteiger partial charge in [0, 0.05) is 69.7 Å². The third-order valence-electron chi connectivity index (χ3n) is 10.5. The molecule has 0 unspecified atom stereocenters. The standard InChI is InChI=1S/C42H42N14O3S4/c1-27(2)33-20-35(50-48-33)46-39-24-52(22-37-43-15-17-54(37)39)61-31-11-7-29(8-12-31)45-41(57)26-56(63(58,59)42-4-3-19-60-42)30-9-13-32(14-10-30)62-53-23-38-44-16-18-55(38)40(25-53)47-36-21-34(49-51-36)28-5-6-28/h3-4,7-21,24-25,27-28H,5-6,22-23,26H2,1-2H3,(H,45,57)(H2,46,48,50)(H2,47,49,51). The first kappa shape index (κ1) is 40.6. The lowest BCUT2D eigenvalue weighted by Gasteiger charge is -2.27. The summed E-state index contributed by atoms with van der Waals surface area (Å²) >= 11 is 4.12. The van der Waals surface area contributed by atoms with Gasteiger partial charge in [0.2, 0.25) is 5.91 Å². The van der Waals surface area contributed by atoms with Crippen LogP contribution in [0.25, 0.3) is 11.6 Å². The number of nitrogens with zero attached hydrogens (tertiary/aromatic N) is 9. The number of fused-ring (bicyclic) bond motifs is 2. The molecule has 0 atom stereocenters. The zero-order chi connectivity index (χ0) is 43.1. The monoisotopic (exact) mass is 918 g/mol. The summed E-state index contributed by atoms with van der Waals surface area (Å²) in [7, 11) is -4.07. The van der Waals surface area contributed by atoms with E-state index in [1.807, 2.05) is 64.3 Å². The Bertz CT molecular complexity index is 2910. The van der Waals surface area contributed by atoms with Gasteiger partial charge in [-0.1, -0.05) is 19.9 Å². The summed E-state index contributed by atoms with van der Waals surface area (Å²) in [6, 6.07) is 21.9. The molecule has 1 saturated carbocycles. The molecule has 0 radical (unpaired) electrons. The fourth-order valence-electron chi connectivity index (χ4n) is 7.08. The normalized spacial score (nSPS) is 14.8. The van der Waals surface area contributed by atoms with Crippen molar-refractivity contribution in [2.45, 2.75) is 65.6 Å². The Morgan fingerprint density at radius 1 is 0.841 bits per heavy atom. The second-order valence-corrected chi connectivity index (χ2v) is 20.7. The van der Waals surface area contributed by atoms with Crippen LogP contribution in [-0.4, -0.2) is 69.0 Å². The van der Waals surface area contributed by atoms with Gasteiger partial charge >= 0.3 is 0 Å². The number of imidazole rings is 2. The maximum Gasteiger partial charge on any atom is 0.274 e. The fraction of sp³-hybridized carbons (Fsp3) is 0.214. The van der Waals surface area contributed by atoms with Gasteiger partial charge in [0.1, 0.15) is 34.0 Å². The number of hydrogen-bond acceptors (Lipinski definition) is 14. The molecule has 17 nitrogen and oxygen atoms in total. The third kappa shape index (κ3) is 8.94. The van der Waals surface area contributed by atoms with Crippen LogP contribution in [0, 0.1) is 0 Å². The lowest BCUT2D eigenvalue weighted by atomic mass is 10.1. The molecule has 5 N–H and O–H groups in total. The number of benzene rings is 2. The van der Waals surface area contributed by atoms with E-state index in [0.29, 0.717) is 42.1 Å². The number of rotatable bonds is 16. The van der Waals surface area contributed by atoms with Crippen molar-refractivity contribution < 1.29 is 13.2 Å². The number of H-pyrrole nitrogens is 2. The number of carbonyl (C=O) groups excluding carboxylic acids is 1. The molecule has 0 saturated heterocycles. The number of anilines is 4. The van der Waals surface area contributed by atoms with E-state index in [2.05, 4.69) is 74.8 Å². The van der Waals surface area contributed by atoms with Gasteiger partial charge in [-0.3, -0.25) is 28.4 Å². The minimum absolute atomic E-state index is 0.141. The summed E-state index contributed by atoms with van der Waals surface area (Å²) in [4.78, 5) is 24.6. The molecular formula is C42H42N14O3S4. The first-order chi connectivity index (χ1) is 30.6. The number of thiophene rings is 1. The quantitative estimate of drug-likeness (QED) is 0.0584.